The molecule has 1 heterocycles. The first-order valence-corrected chi connectivity index (χ1v) is 5.55. The summed E-state index contributed by atoms with van der Waals surface area (Å²) >= 11 is 0. The first kappa shape index (κ1) is 15.2. The maximum Gasteiger partial charge on any atom is 0.343 e. The van der Waals surface area contributed by atoms with Crippen LogP contribution in [-0.2, 0) is 4.74 Å². The van der Waals surface area contributed by atoms with Crippen LogP contribution in [0.1, 0.15) is 16.2 Å². The van der Waals surface area contributed by atoms with Gasteiger partial charge < -0.3 is 14.7 Å². The molecule has 0 aliphatic carbocycles. The lowest BCUT2D eigenvalue weighted by atomic mass is 10.2. The highest BCUT2D eigenvalue weighted by atomic mass is 19.3. The van der Waals surface area contributed by atoms with E-state index in [1.54, 1.807) is 6.92 Å². The van der Waals surface area contributed by atoms with Crippen LogP contribution >= 0.6 is 0 Å². The lowest BCUT2D eigenvalue weighted by molar-refractivity contribution is 0.0599. The number of carbonyl (C=O) groups is 1. The highest BCUT2D eigenvalue weighted by Gasteiger charge is 2.22. The fourth-order valence-corrected chi connectivity index (χ4v) is 1.52. The van der Waals surface area contributed by atoms with Crippen molar-refractivity contribution >= 4 is 11.8 Å². The number of hydrogen-bond acceptors (Lipinski definition) is 6. The summed E-state index contributed by atoms with van der Waals surface area (Å²) in [6, 6.07) is 0. The van der Waals surface area contributed by atoms with Crippen molar-refractivity contribution in [3.05, 3.63) is 17.6 Å². The van der Waals surface area contributed by atoms with Crippen molar-refractivity contribution in [2.45, 2.75) is 13.3 Å². The van der Waals surface area contributed by atoms with E-state index in [2.05, 4.69) is 14.7 Å². The molecule has 0 spiro atoms. The number of nitrogens with zero attached hydrogens (tertiary/aromatic N) is 3. The number of methoxy groups -OCH3 is 1. The largest absolute Gasteiger partial charge is 0.465 e. The molecular weight excluding hydrogens is 260 g/mol. The van der Waals surface area contributed by atoms with Crippen molar-refractivity contribution in [2.75, 3.05) is 31.7 Å². The molecule has 0 atom stereocenters. The van der Waals surface area contributed by atoms with Crippen molar-refractivity contribution < 1.29 is 23.4 Å². The lowest BCUT2D eigenvalue weighted by Crippen LogP contribution is -2.34. The first-order valence-electron chi connectivity index (χ1n) is 5.55. The second-order valence-corrected chi connectivity index (χ2v) is 3.71. The van der Waals surface area contributed by atoms with Crippen LogP contribution in [0.15, 0.2) is 6.20 Å². The molecule has 0 unspecified atom stereocenters. The maximum atomic E-state index is 12.5. The van der Waals surface area contributed by atoms with Gasteiger partial charge in [0.2, 0.25) is 0 Å². The van der Waals surface area contributed by atoms with E-state index < -0.39 is 18.9 Å². The fourth-order valence-electron chi connectivity index (χ4n) is 1.52. The summed E-state index contributed by atoms with van der Waals surface area (Å²) in [7, 11) is 1.18. The van der Waals surface area contributed by atoms with Gasteiger partial charge in [0.1, 0.15) is 17.2 Å². The minimum Gasteiger partial charge on any atom is -0.465 e. The molecule has 106 valence electrons. The van der Waals surface area contributed by atoms with Crippen LogP contribution in [0.3, 0.4) is 0 Å². The first-order chi connectivity index (χ1) is 8.99. The van der Waals surface area contributed by atoms with Gasteiger partial charge >= 0.3 is 5.97 Å². The van der Waals surface area contributed by atoms with E-state index in [1.165, 1.54) is 13.3 Å². The maximum absolute atomic E-state index is 12.5. The third kappa shape index (κ3) is 4.09. The molecule has 0 aliphatic heterocycles. The van der Waals surface area contributed by atoms with Crippen LogP contribution in [0, 0.1) is 6.92 Å². The molecule has 0 saturated carbocycles. The van der Waals surface area contributed by atoms with Gasteiger partial charge in [-0.15, -0.1) is 0 Å². The molecule has 0 bridgehead atoms. The second kappa shape index (κ2) is 6.93. The standard InChI is InChI=1S/C11H15F2N3O3/c1-7-14-5-8(11(18)19-2)10(15-7)16(3-4-17)6-9(12)13/h5,9,17H,3-4,6H2,1-2H3. The Morgan fingerprint density at radius 3 is 2.79 bits per heavy atom. The Morgan fingerprint density at radius 2 is 2.26 bits per heavy atom. The van der Waals surface area contributed by atoms with Gasteiger partial charge in [-0.05, 0) is 6.92 Å². The molecule has 1 rings (SSSR count). The van der Waals surface area contributed by atoms with Crippen LogP contribution in [0.4, 0.5) is 14.6 Å². The van der Waals surface area contributed by atoms with E-state index in [9.17, 15) is 13.6 Å². The average Bonchev–Trinajstić information content (AvgIpc) is 2.36. The van der Waals surface area contributed by atoms with Gasteiger partial charge in [0.05, 0.1) is 20.3 Å². The Balaban J connectivity index is 3.18. The second-order valence-electron chi connectivity index (χ2n) is 3.71. The Kier molecular flexibility index (Phi) is 5.56. The number of carbonyl (C=O) groups excluding carboxylic acids is 1. The van der Waals surface area contributed by atoms with Crippen LogP contribution in [0.5, 0.6) is 0 Å². The number of aliphatic hydroxyl groups is 1. The number of rotatable bonds is 6. The van der Waals surface area contributed by atoms with Crippen LogP contribution in [0.25, 0.3) is 0 Å². The third-order valence-electron chi connectivity index (χ3n) is 2.32. The summed E-state index contributed by atoms with van der Waals surface area (Å²) in [6.07, 6.45) is -1.40. The molecule has 6 nitrogen and oxygen atoms in total. The monoisotopic (exact) mass is 275 g/mol. The minimum atomic E-state index is -2.62. The predicted octanol–water partition coefficient (Wildman–Crippen LogP) is 0.635. The quantitative estimate of drug-likeness (QED) is 0.768. The Hall–Kier alpha value is -1.83. The molecule has 0 radical (unpaired) electrons. The van der Waals surface area contributed by atoms with Crippen LogP contribution in [0.2, 0.25) is 0 Å². The number of anilines is 1. The molecule has 0 amide bonds. The molecule has 0 aromatic carbocycles. The number of halogens is 2. The number of aliphatic hydroxyl groups excluding tert-OH is 1. The molecule has 0 aliphatic rings. The van der Waals surface area contributed by atoms with Crippen molar-refractivity contribution in [2.24, 2.45) is 0 Å². The van der Waals surface area contributed by atoms with Crippen molar-refractivity contribution in [3.8, 4) is 0 Å². The summed E-state index contributed by atoms with van der Waals surface area (Å²) in [4.78, 5) is 20.5. The van der Waals surface area contributed by atoms with Crippen molar-refractivity contribution in [3.63, 3.8) is 0 Å². The van der Waals surface area contributed by atoms with E-state index in [-0.39, 0.29) is 24.5 Å². The summed E-state index contributed by atoms with van der Waals surface area (Å²) in [6.45, 7) is 0.534. The van der Waals surface area contributed by atoms with E-state index in [0.29, 0.717) is 5.82 Å². The van der Waals surface area contributed by atoms with E-state index in [4.69, 9.17) is 5.11 Å². The van der Waals surface area contributed by atoms with Gasteiger partial charge in [-0.2, -0.15) is 0 Å². The third-order valence-corrected chi connectivity index (χ3v) is 2.32. The zero-order valence-electron chi connectivity index (χ0n) is 10.6. The van der Waals surface area contributed by atoms with Crippen molar-refractivity contribution in [1.82, 2.24) is 9.97 Å². The molecule has 19 heavy (non-hydrogen) atoms. The number of alkyl halides is 2. The normalized spacial score (nSPS) is 10.6. The van der Waals surface area contributed by atoms with Gasteiger partial charge in [0.15, 0.2) is 0 Å². The lowest BCUT2D eigenvalue weighted by Gasteiger charge is -2.24. The fraction of sp³-hybridized carbons (Fsp3) is 0.545. The Morgan fingerprint density at radius 1 is 1.58 bits per heavy atom. The molecule has 1 aromatic heterocycles. The van der Waals surface area contributed by atoms with Gasteiger partial charge in [-0.25, -0.2) is 23.5 Å². The SMILES string of the molecule is COC(=O)c1cnc(C)nc1N(CCO)CC(F)F. The average molecular weight is 275 g/mol. The van der Waals surface area contributed by atoms with E-state index in [0.717, 1.165) is 4.90 Å². The highest BCUT2D eigenvalue weighted by Crippen LogP contribution is 2.19. The van der Waals surface area contributed by atoms with Gasteiger partial charge in [-0.3, -0.25) is 0 Å². The number of esters is 1. The predicted molar refractivity (Wildman–Crippen MR) is 63.4 cm³/mol. The summed E-state index contributed by atoms with van der Waals surface area (Å²) < 4.78 is 29.6. The molecule has 1 aromatic rings. The summed E-state index contributed by atoms with van der Waals surface area (Å²) in [5.74, 6) is -0.347. The summed E-state index contributed by atoms with van der Waals surface area (Å²) in [5.41, 5.74) is -0.0119. The Labute approximate surface area is 109 Å². The van der Waals surface area contributed by atoms with Gasteiger partial charge in [0.25, 0.3) is 6.43 Å². The van der Waals surface area contributed by atoms with E-state index >= 15 is 0 Å². The molecule has 0 saturated heterocycles. The number of aromatic nitrogens is 2. The topological polar surface area (TPSA) is 75.5 Å². The zero-order chi connectivity index (χ0) is 14.4. The molecule has 1 N–H and O–H groups in total. The number of hydrogen-bond donors (Lipinski definition) is 1. The van der Waals surface area contributed by atoms with Crippen LogP contribution < -0.4 is 4.90 Å². The highest BCUT2D eigenvalue weighted by molar-refractivity contribution is 5.94. The smallest absolute Gasteiger partial charge is 0.343 e. The molecular formula is C11H15F2N3O3. The minimum absolute atomic E-state index is 0.0119. The van der Waals surface area contributed by atoms with Crippen molar-refractivity contribution in [1.29, 1.82) is 0 Å². The zero-order valence-corrected chi connectivity index (χ0v) is 10.6. The van der Waals surface area contributed by atoms with Crippen LogP contribution in [-0.4, -0.2) is 54.3 Å². The molecule has 8 heteroatoms. The molecule has 0 fully saturated rings. The van der Waals surface area contributed by atoms with E-state index in [1.807, 2.05) is 0 Å². The van der Waals surface area contributed by atoms with Gasteiger partial charge in [0, 0.05) is 12.7 Å². The summed E-state index contributed by atoms with van der Waals surface area (Å²) in [5, 5.41) is 8.92. The number of aryl methyl sites for hydroxylation is 1. The number of ether oxygens (including phenoxy) is 1. The van der Waals surface area contributed by atoms with Gasteiger partial charge in [-0.1, -0.05) is 0 Å². The Bertz CT molecular complexity index is 443.